The Morgan fingerprint density at radius 3 is 1.62 bits per heavy atom. The number of amidine groups is 2. The fourth-order valence-electron chi connectivity index (χ4n) is 6.26. The van der Waals surface area contributed by atoms with Crippen molar-refractivity contribution in [1.82, 2.24) is 0 Å². The molecule has 0 saturated heterocycles. The van der Waals surface area contributed by atoms with E-state index in [2.05, 4.69) is 46.4 Å². The molecule has 0 spiro atoms. The number of nitrogens with zero attached hydrogens (tertiary/aromatic N) is 2. The molecule has 6 aromatic carbocycles. The van der Waals surface area contributed by atoms with Gasteiger partial charge >= 0.3 is 0 Å². The predicted molar refractivity (Wildman–Crippen MR) is 182 cm³/mol. The maximum absolute atomic E-state index is 13.7. The van der Waals surface area contributed by atoms with Crippen LogP contribution in [0.2, 0.25) is 0 Å². The zero-order valence-corrected chi connectivity index (χ0v) is 24.5. The van der Waals surface area contributed by atoms with Gasteiger partial charge in [0.15, 0.2) is 17.5 Å². The largest absolute Gasteiger partial charge is 0.289 e. The number of ketones is 1. The highest BCUT2D eigenvalue weighted by atomic mass is 16.1. The molecule has 1 aliphatic carbocycles. The van der Waals surface area contributed by atoms with Gasteiger partial charge in [-0.2, -0.15) is 0 Å². The lowest BCUT2D eigenvalue weighted by Crippen LogP contribution is -2.38. The van der Waals surface area contributed by atoms with Crippen molar-refractivity contribution in [2.75, 3.05) is 0 Å². The number of hydrogen-bond donors (Lipinski definition) is 1. The summed E-state index contributed by atoms with van der Waals surface area (Å²) in [5.41, 5.74) is 7.09. The first-order valence-electron chi connectivity index (χ1n) is 14.9. The van der Waals surface area contributed by atoms with E-state index >= 15 is 0 Å². The summed E-state index contributed by atoms with van der Waals surface area (Å²) >= 11 is 0. The van der Waals surface area contributed by atoms with Crippen molar-refractivity contribution in [3.8, 4) is 0 Å². The first-order chi connectivity index (χ1) is 22.2. The third-order valence-electron chi connectivity index (χ3n) is 8.33. The van der Waals surface area contributed by atoms with Crippen LogP contribution in [0.4, 0.5) is 0 Å². The van der Waals surface area contributed by atoms with E-state index < -0.39 is 5.41 Å². The van der Waals surface area contributed by atoms with Crippen molar-refractivity contribution >= 4 is 23.7 Å². The van der Waals surface area contributed by atoms with Gasteiger partial charge in [-0.25, -0.2) is 9.98 Å². The van der Waals surface area contributed by atoms with Gasteiger partial charge in [-0.3, -0.25) is 10.2 Å². The summed E-state index contributed by atoms with van der Waals surface area (Å²) < 4.78 is 0. The van der Waals surface area contributed by atoms with Crippen LogP contribution >= 0.6 is 0 Å². The molecule has 1 N–H and O–H groups in total. The molecule has 4 heteroatoms. The Morgan fingerprint density at radius 1 is 0.533 bits per heavy atom. The zero-order chi connectivity index (χ0) is 30.6. The van der Waals surface area contributed by atoms with E-state index in [9.17, 15) is 4.79 Å². The molecule has 0 heterocycles. The molecule has 0 aromatic heterocycles. The van der Waals surface area contributed by atoms with Gasteiger partial charge in [0.25, 0.3) is 0 Å². The van der Waals surface area contributed by atoms with E-state index in [0.29, 0.717) is 22.5 Å². The minimum atomic E-state index is -0.721. The van der Waals surface area contributed by atoms with Gasteiger partial charge < -0.3 is 0 Å². The molecule has 7 rings (SSSR count). The molecule has 0 aliphatic heterocycles. The summed E-state index contributed by atoms with van der Waals surface area (Å²) in [6.45, 7) is 0. The maximum atomic E-state index is 13.7. The van der Waals surface area contributed by atoms with Crippen molar-refractivity contribution < 1.29 is 4.79 Å². The van der Waals surface area contributed by atoms with Crippen LogP contribution in [0.5, 0.6) is 0 Å². The predicted octanol–water partition coefficient (Wildman–Crippen LogP) is 8.50. The van der Waals surface area contributed by atoms with Gasteiger partial charge in [0.05, 0.1) is 5.41 Å². The summed E-state index contributed by atoms with van der Waals surface area (Å²) in [6, 6.07) is 53.7. The van der Waals surface area contributed by atoms with Crippen LogP contribution < -0.4 is 0 Å². The van der Waals surface area contributed by atoms with Gasteiger partial charge in [-0.15, -0.1) is 0 Å². The Hall–Kier alpha value is -6.00. The monoisotopic (exact) mass is 579 g/mol. The second-order valence-corrected chi connectivity index (χ2v) is 10.9. The molecule has 0 atom stereocenters. The van der Waals surface area contributed by atoms with Crippen LogP contribution in [0.1, 0.15) is 54.9 Å². The second-order valence-electron chi connectivity index (χ2n) is 10.9. The standard InChI is InChI=1S/C41H29N3O/c42-39(44-40(31-16-6-2-7-17-31)43-28-29-14-4-1-5-15-29)30-24-26-33(27-25-30)41(32-18-8-3-9-19-32)36-22-12-10-20-34(36)38(45)35-21-11-13-23-37(35)41/h1-28,42H. The lowest BCUT2D eigenvalue weighted by molar-refractivity contribution is 0.103. The second kappa shape index (κ2) is 11.9. The van der Waals surface area contributed by atoms with Crippen LogP contribution in [-0.4, -0.2) is 23.7 Å². The Balaban J connectivity index is 1.35. The molecule has 0 saturated carbocycles. The van der Waals surface area contributed by atoms with E-state index in [4.69, 9.17) is 5.41 Å². The van der Waals surface area contributed by atoms with Gasteiger partial charge in [0, 0.05) is 28.5 Å². The number of rotatable bonds is 5. The van der Waals surface area contributed by atoms with E-state index in [1.807, 2.05) is 127 Å². The SMILES string of the molecule is N=C(N=C(N=Cc1ccccc1)c1ccccc1)c1ccc(C2(c3ccccc3)c3ccccc3C(=O)c3ccccc32)cc1. The minimum absolute atomic E-state index is 0.0324. The summed E-state index contributed by atoms with van der Waals surface area (Å²) in [6.07, 6.45) is 1.77. The van der Waals surface area contributed by atoms with E-state index in [0.717, 1.165) is 33.4 Å². The molecule has 6 aromatic rings. The third kappa shape index (κ3) is 5.02. The molecule has 0 unspecified atom stereocenters. The van der Waals surface area contributed by atoms with Gasteiger partial charge in [0.2, 0.25) is 0 Å². The van der Waals surface area contributed by atoms with E-state index in [1.165, 1.54) is 0 Å². The number of nitrogens with one attached hydrogen (secondary N) is 1. The number of hydrogen-bond acceptors (Lipinski definition) is 2. The molecule has 1 aliphatic rings. The summed E-state index contributed by atoms with van der Waals surface area (Å²) in [5.74, 6) is 0.604. The first kappa shape index (κ1) is 27.8. The lowest BCUT2D eigenvalue weighted by Gasteiger charge is -2.41. The Bertz CT molecular complexity index is 2010. The van der Waals surface area contributed by atoms with Crippen molar-refractivity contribution in [3.63, 3.8) is 0 Å². The van der Waals surface area contributed by atoms with Crippen LogP contribution in [0, 0.1) is 5.41 Å². The van der Waals surface area contributed by atoms with Crippen LogP contribution in [0.15, 0.2) is 174 Å². The number of aliphatic imine (C=N–C) groups is 2. The molecule has 0 radical (unpaired) electrons. The lowest BCUT2D eigenvalue weighted by atomic mass is 9.59. The number of carbonyl (C=O) groups excluding carboxylic acids is 1. The van der Waals surface area contributed by atoms with E-state index in [-0.39, 0.29) is 11.6 Å². The summed E-state index contributed by atoms with van der Waals surface area (Å²) in [7, 11) is 0. The fraction of sp³-hybridized carbons (Fsp3) is 0.0244. The normalized spacial score (nSPS) is 13.7. The highest BCUT2D eigenvalue weighted by Gasteiger charge is 2.46. The quantitative estimate of drug-likeness (QED) is 0.161. The molecule has 0 amide bonds. The van der Waals surface area contributed by atoms with Gasteiger partial charge in [-0.05, 0) is 27.8 Å². The molecule has 45 heavy (non-hydrogen) atoms. The molecule has 0 fully saturated rings. The number of fused-ring (bicyclic) bond motifs is 2. The minimum Gasteiger partial charge on any atom is -0.289 e. The maximum Gasteiger partial charge on any atom is 0.193 e. The smallest absolute Gasteiger partial charge is 0.193 e. The number of benzene rings is 6. The topological polar surface area (TPSA) is 65.6 Å². The van der Waals surface area contributed by atoms with Crippen molar-refractivity contribution in [2.45, 2.75) is 5.41 Å². The van der Waals surface area contributed by atoms with Crippen molar-refractivity contribution in [1.29, 1.82) is 5.41 Å². The number of carbonyl (C=O) groups is 1. The Morgan fingerprint density at radius 2 is 1.02 bits per heavy atom. The average Bonchev–Trinajstić information content (AvgIpc) is 3.12. The highest BCUT2D eigenvalue weighted by Crippen LogP contribution is 2.50. The first-order valence-corrected chi connectivity index (χ1v) is 14.9. The van der Waals surface area contributed by atoms with Gasteiger partial charge in [0.1, 0.15) is 0 Å². The van der Waals surface area contributed by atoms with Crippen LogP contribution in [-0.2, 0) is 5.41 Å². The Labute approximate surface area is 262 Å². The molecule has 4 nitrogen and oxygen atoms in total. The van der Waals surface area contributed by atoms with Crippen molar-refractivity contribution in [3.05, 3.63) is 214 Å². The third-order valence-corrected chi connectivity index (χ3v) is 8.33. The molecular weight excluding hydrogens is 550 g/mol. The summed E-state index contributed by atoms with van der Waals surface area (Å²) in [4.78, 5) is 23.1. The molecule has 214 valence electrons. The van der Waals surface area contributed by atoms with Gasteiger partial charge in [-0.1, -0.05) is 164 Å². The highest BCUT2D eigenvalue weighted by molar-refractivity contribution is 6.14. The molecule has 0 bridgehead atoms. The van der Waals surface area contributed by atoms with Crippen LogP contribution in [0.25, 0.3) is 0 Å². The van der Waals surface area contributed by atoms with E-state index in [1.54, 1.807) is 6.21 Å². The zero-order valence-electron chi connectivity index (χ0n) is 24.5. The summed E-state index contributed by atoms with van der Waals surface area (Å²) in [5, 5.41) is 8.97. The molecular formula is C41H29N3O. The Kier molecular flexibility index (Phi) is 7.38. The fourth-order valence-corrected chi connectivity index (χ4v) is 6.26. The average molecular weight is 580 g/mol. The van der Waals surface area contributed by atoms with Crippen molar-refractivity contribution in [2.24, 2.45) is 9.98 Å². The van der Waals surface area contributed by atoms with Crippen LogP contribution in [0.3, 0.4) is 0 Å².